The predicted octanol–water partition coefficient (Wildman–Crippen LogP) is 3.56. The molecule has 1 aromatic rings. The molecule has 1 aliphatic heterocycles. The van der Waals surface area contributed by atoms with Gasteiger partial charge in [-0.25, -0.2) is 4.39 Å². The molecular weight excluding hydrogens is 271 g/mol. The Morgan fingerprint density at radius 3 is 2.38 bits per heavy atom. The average Bonchev–Trinajstić information content (AvgIpc) is 2.33. The van der Waals surface area contributed by atoms with Crippen LogP contribution in [0.25, 0.3) is 0 Å². The molecule has 0 N–H and O–H groups in total. The van der Waals surface area contributed by atoms with Crippen molar-refractivity contribution >= 4 is 15.9 Å². The van der Waals surface area contributed by atoms with E-state index >= 15 is 0 Å². The summed E-state index contributed by atoms with van der Waals surface area (Å²) in [6.07, 6.45) is 3.16. The van der Waals surface area contributed by atoms with Gasteiger partial charge in [0.15, 0.2) is 0 Å². The van der Waals surface area contributed by atoms with Crippen LogP contribution in [0.3, 0.4) is 0 Å². The Labute approximate surface area is 104 Å². The highest BCUT2D eigenvalue weighted by atomic mass is 79.9. The van der Waals surface area contributed by atoms with Crippen molar-refractivity contribution in [2.24, 2.45) is 5.41 Å². The fraction of sp³-hybridized carbons (Fsp3) is 0.538. The number of benzene rings is 1. The molecule has 1 aromatic carbocycles. The second kappa shape index (κ2) is 5.28. The molecule has 2 rings (SSSR count). The van der Waals surface area contributed by atoms with Gasteiger partial charge in [-0.1, -0.05) is 28.1 Å². The first-order valence-electron chi connectivity index (χ1n) is 5.62. The topological polar surface area (TPSA) is 9.23 Å². The molecule has 0 aliphatic carbocycles. The van der Waals surface area contributed by atoms with Gasteiger partial charge in [-0.2, -0.15) is 0 Å². The van der Waals surface area contributed by atoms with Crippen molar-refractivity contribution in [2.75, 3.05) is 18.5 Å². The van der Waals surface area contributed by atoms with Gasteiger partial charge in [-0.05, 0) is 42.4 Å². The van der Waals surface area contributed by atoms with Gasteiger partial charge < -0.3 is 4.74 Å². The van der Waals surface area contributed by atoms with Crippen LogP contribution in [-0.2, 0) is 11.2 Å². The van der Waals surface area contributed by atoms with Crippen molar-refractivity contribution in [1.29, 1.82) is 0 Å². The number of halogens is 2. The lowest BCUT2D eigenvalue weighted by Crippen LogP contribution is -2.33. The maximum absolute atomic E-state index is 12.8. The minimum absolute atomic E-state index is 0.163. The van der Waals surface area contributed by atoms with E-state index in [1.165, 1.54) is 17.7 Å². The summed E-state index contributed by atoms with van der Waals surface area (Å²) in [5.41, 5.74) is 1.50. The van der Waals surface area contributed by atoms with Gasteiger partial charge >= 0.3 is 0 Å². The van der Waals surface area contributed by atoms with E-state index in [1.807, 2.05) is 12.1 Å². The molecule has 0 radical (unpaired) electrons. The molecule has 1 fully saturated rings. The summed E-state index contributed by atoms with van der Waals surface area (Å²) in [6.45, 7) is 1.68. The third-order valence-corrected chi connectivity index (χ3v) is 4.52. The first kappa shape index (κ1) is 12.1. The summed E-state index contributed by atoms with van der Waals surface area (Å²) in [6, 6.07) is 6.84. The number of rotatable bonds is 3. The molecule has 0 spiro atoms. The van der Waals surface area contributed by atoms with Gasteiger partial charge in [0.25, 0.3) is 0 Å². The molecule has 16 heavy (non-hydrogen) atoms. The lowest BCUT2D eigenvalue weighted by molar-refractivity contribution is 0.0270. The van der Waals surface area contributed by atoms with Crippen molar-refractivity contribution < 1.29 is 9.13 Å². The van der Waals surface area contributed by atoms with Gasteiger partial charge in [-0.15, -0.1) is 0 Å². The third kappa shape index (κ3) is 2.83. The molecule has 3 heteroatoms. The van der Waals surface area contributed by atoms with E-state index in [4.69, 9.17) is 4.74 Å². The van der Waals surface area contributed by atoms with Gasteiger partial charge in [0.1, 0.15) is 5.82 Å². The smallest absolute Gasteiger partial charge is 0.123 e. The van der Waals surface area contributed by atoms with Crippen LogP contribution in [0.4, 0.5) is 4.39 Å². The van der Waals surface area contributed by atoms with Crippen molar-refractivity contribution in [3.05, 3.63) is 35.6 Å². The van der Waals surface area contributed by atoms with Crippen LogP contribution in [0, 0.1) is 11.2 Å². The summed E-state index contributed by atoms with van der Waals surface area (Å²) in [5.74, 6) is -0.163. The lowest BCUT2D eigenvalue weighted by Gasteiger charge is -2.35. The van der Waals surface area contributed by atoms with E-state index in [-0.39, 0.29) is 11.2 Å². The zero-order chi connectivity index (χ0) is 11.4. The summed E-state index contributed by atoms with van der Waals surface area (Å²) < 4.78 is 18.2. The molecule has 0 saturated carbocycles. The predicted molar refractivity (Wildman–Crippen MR) is 66.4 cm³/mol. The Hall–Kier alpha value is -0.410. The van der Waals surface area contributed by atoms with Crippen LogP contribution in [0.2, 0.25) is 0 Å². The van der Waals surface area contributed by atoms with Crippen molar-refractivity contribution in [3.8, 4) is 0 Å². The summed E-state index contributed by atoms with van der Waals surface area (Å²) in [4.78, 5) is 0. The Balaban J connectivity index is 2.08. The van der Waals surface area contributed by atoms with Gasteiger partial charge in [-0.3, -0.25) is 0 Å². The molecule has 0 atom stereocenters. The van der Waals surface area contributed by atoms with E-state index in [1.54, 1.807) is 0 Å². The highest BCUT2D eigenvalue weighted by Crippen LogP contribution is 2.36. The highest BCUT2D eigenvalue weighted by Gasteiger charge is 2.31. The summed E-state index contributed by atoms with van der Waals surface area (Å²) in [7, 11) is 0. The quantitative estimate of drug-likeness (QED) is 0.772. The van der Waals surface area contributed by atoms with Crippen LogP contribution in [0.15, 0.2) is 24.3 Å². The molecule has 0 bridgehead atoms. The van der Waals surface area contributed by atoms with E-state index in [9.17, 15) is 4.39 Å². The number of hydrogen-bond acceptors (Lipinski definition) is 1. The monoisotopic (exact) mass is 286 g/mol. The van der Waals surface area contributed by atoms with E-state index in [2.05, 4.69) is 15.9 Å². The van der Waals surface area contributed by atoms with Gasteiger partial charge in [0.05, 0.1) is 0 Å². The van der Waals surface area contributed by atoms with Crippen LogP contribution in [-0.4, -0.2) is 18.5 Å². The second-order valence-corrected chi connectivity index (χ2v) is 5.11. The molecule has 1 aliphatic rings. The highest BCUT2D eigenvalue weighted by molar-refractivity contribution is 9.09. The molecule has 1 nitrogen and oxygen atoms in total. The molecule has 1 saturated heterocycles. The maximum Gasteiger partial charge on any atom is 0.123 e. The standard InChI is InChI=1S/C13H16BrFO/c14-10-13(5-7-16-8-6-13)9-11-1-3-12(15)4-2-11/h1-4H,5-10H2. The van der Waals surface area contributed by atoms with E-state index < -0.39 is 0 Å². The molecular formula is C13H16BrFO. The van der Waals surface area contributed by atoms with E-state index in [0.717, 1.165) is 37.8 Å². The fourth-order valence-corrected chi connectivity index (χ4v) is 2.96. The van der Waals surface area contributed by atoms with Gasteiger partial charge in [0.2, 0.25) is 0 Å². The molecule has 88 valence electrons. The molecule has 0 aromatic heterocycles. The van der Waals surface area contributed by atoms with Crippen LogP contribution >= 0.6 is 15.9 Å². The van der Waals surface area contributed by atoms with Crippen molar-refractivity contribution in [3.63, 3.8) is 0 Å². The largest absolute Gasteiger partial charge is 0.381 e. The fourth-order valence-electron chi connectivity index (χ4n) is 2.20. The van der Waals surface area contributed by atoms with Crippen molar-refractivity contribution in [2.45, 2.75) is 19.3 Å². The third-order valence-electron chi connectivity index (χ3n) is 3.33. The summed E-state index contributed by atoms with van der Waals surface area (Å²) >= 11 is 3.61. The minimum Gasteiger partial charge on any atom is -0.381 e. The lowest BCUT2D eigenvalue weighted by atomic mass is 9.77. The Morgan fingerprint density at radius 2 is 1.81 bits per heavy atom. The normalized spacial score (nSPS) is 19.6. The molecule has 0 amide bonds. The zero-order valence-corrected chi connectivity index (χ0v) is 10.8. The SMILES string of the molecule is Fc1ccc(CC2(CBr)CCOCC2)cc1. The molecule has 1 heterocycles. The van der Waals surface area contributed by atoms with Crippen LogP contribution in [0.5, 0.6) is 0 Å². The number of alkyl halides is 1. The Bertz CT molecular complexity index is 330. The van der Waals surface area contributed by atoms with E-state index in [0.29, 0.717) is 0 Å². The van der Waals surface area contributed by atoms with Gasteiger partial charge in [0, 0.05) is 18.5 Å². The number of hydrogen-bond donors (Lipinski definition) is 0. The van der Waals surface area contributed by atoms with Crippen molar-refractivity contribution in [1.82, 2.24) is 0 Å². The average molecular weight is 287 g/mol. The summed E-state index contributed by atoms with van der Waals surface area (Å²) in [5, 5.41) is 0.987. The Kier molecular flexibility index (Phi) is 3.98. The molecule has 0 unspecified atom stereocenters. The minimum atomic E-state index is -0.163. The first-order valence-corrected chi connectivity index (χ1v) is 6.74. The zero-order valence-electron chi connectivity index (χ0n) is 9.22. The van der Waals surface area contributed by atoms with Crippen LogP contribution < -0.4 is 0 Å². The Morgan fingerprint density at radius 1 is 1.19 bits per heavy atom. The maximum atomic E-state index is 12.8. The van der Waals surface area contributed by atoms with Crippen LogP contribution in [0.1, 0.15) is 18.4 Å². The first-order chi connectivity index (χ1) is 7.74. The number of ether oxygens (including phenoxy) is 1. The second-order valence-electron chi connectivity index (χ2n) is 4.55.